The van der Waals surface area contributed by atoms with E-state index < -0.39 is 7.12 Å². The lowest BCUT2D eigenvalue weighted by Gasteiger charge is -2.16. The van der Waals surface area contributed by atoms with Crippen LogP contribution in [0, 0.1) is 3.57 Å². The van der Waals surface area contributed by atoms with E-state index in [1.807, 2.05) is 18.3 Å². The normalized spacial score (nSPS) is 14.7. The van der Waals surface area contributed by atoms with Gasteiger partial charge in [0.1, 0.15) is 5.59 Å². The van der Waals surface area contributed by atoms with E-state index in [2.05, 4.69) is 99.3 Å². The number of hydrogen-bond donors (Lipinski definition) is 0. The molecule has 3 heterocycles. The van der Waals surface area contributed by atoms with Crippen molar-refractivity contribution >= 4 is 59.4 Å². The van der Waals surface area contributed by atoms with Gasteiger partial charge in [-0.1, -0.05) is 66.8 Å². The topological polar surface area (TPSA) is 78.4 Å². The molecule has 0 unspecified atom stereocenters. The molecule has 0 amide bonds. The molecule has 6 nitrogen and oxygen atoms in total. The fourth-order valence-corrected chi connectivity index (χ4v) is 5.44. The lowest BCUT2D eigenvalue weighted by atomic mass is 9.83. The Bertz CT molecular complexity index is 1560. The van der Waals surface area contributed by atoms with Crippen LogP contribution >= 0.6 is 22.6 Å². The fraction of sp³-hybridized carbons (Fsp3) is 0.152. The molecule has 204 valence electrons. The molecule has 41 heavy (non-hydrogen) atoms. The molecule has 0 saturated carbocycles. The number of carbonyl (C=O) groups excluding carboxylic acids is 2. The van der Waals surface area contributed by atoms with Crippen LogP contribution in [-0.2, 0) is 31.7 Å². The first kappa shape index (κ1) is 28.5. The third-order valence-corrected chi connectivity index (χ3v) is 7.73. The molecule has 1 saturated heterocycles. The van der Waals surface area contributed by atoms with E-state index in [1.165, 1.54) is 31.4 Å². The van der Waals surface area contributed by atoms with Gasteiger partial charge in [-0.05, 0) is 94.4 Å². The highest BCUT2D eigenvalue weighted by Crippen LogP contribution is 2.29. The summed E-state index contributed by atoms with van der Waals surface area (Å²) in [6.07, 6.45) is 15.3. The second kappa shape index (κ2) is 14.0. The largest absolute Gasteiger partial charge is 0.656 e. The van der Waals surface area contributed by atoms with Gasteiger partial charge < -0.3 is 9.31 Å². The molecular formula is C33H28BIN2O4. The maximum Gasteiger partial charge on any atom is 0.656 e. The molecule has 2 aromatic carbocycles. The molecule has 1 aliphatic heterocycles. The van der Waals surface area contributed by atoms with E-state index in [0.717, 1.165) is 18.5 Å². The molecule has 3 aliphatic rings. The number of rotatable bonds is 2. The van der Waals surface area contributed by atoms with E-state index in [-0.39, 0.29) is 24.8 Å². The van der Waals surface area contributed by atoms with Gasteiger partial charge in [0.25, 0.3) is 11.9 Å². The van der Waals surface area contributed by atoms with Crippen LogP contribution in [0.5, 0.6) is 0 Å². The summed E-state index contributed by atoms with van der Waals surface area (Å²) in [5.74, 6) is -0.744. The van der Waals surface area contributed by atoms with E-state index in [1.54, 1.807) is 24.4 Å². The number of hydrogen-bond acceptors (Lipinski definition) is 6. The summed E-state index contributed by atoms with van der Waals surface area (Å²) in [4.78, 5) is 31.0. The molecule has 0 atom stereocenters. The van der Waals surface area contributed by atoms with Crippen molar-refractivity contribution < 1.29 is 18.9 Å². The lowest BCUT2D eigenvalue weighted by Crippen LogP contribution is -2.43. The summed E-state index contributed by atoms with van der Waals surface area (Å²) in [7, 11) is -1.01. The highest BCUT2D eigenvalue weighted by molar-refractivity contribution is 14.1. The Morgan fingerprint density at radius 2 is 1.32 bits per heavy atom. The van der Waals surface area contributed by atoms with Crippen molar-refractivity contribution in [3.63, 3.8) is 0 Å². The zero-order valence-electron chi connectivity index (χ0n) is 22.4. The first-order valence-corrected chi connectivity index (χ1v) is 14.6. The third kappa shape index (κ3) is 7.58. The highest BCUT2D eigenvalue weighted by Gasteiger charge is 2.33. The minimum Gasteiger partial charge on any atom is -0.494 e. The van der Waals surface area contributed by atoms with E-state index in [0.29, 0.717) is 12.0 Å². The van der Waals surface area contributed by atoms with Crippen molar-refractivity contribution in [2.45, 2.75) is 32.1 Å². The summed E-state index contributed by atoms with van der Waals surface area (Å²) < 4.78 is 11.4. The predicted molar refractivity (Wildman–Crippen MR) is 170 cm³/mol. The van der Waals surface area contributed by atoms with Crippen LogP contribution in [-0.4, -0.2) is 29.0 Å². The van der Waals surface area contributed by atoms with Crippen molar-refractivity contribution in [2.24, 2.45) is 0 Å². The van der Waals surface area contributed by atoms with Crippen LogP contribution in [0.25, 0.3) is 23.4 Å². The molecule has 7 rings (SSSR count). The number of halogens is 1. The molecule has 4 aromatic rings. The van der Waals surface area contributed by atoms with Crippen molar-refractivity contribution in [3.8, 4) is 11.3 Å². The van der Waals surface area contributed by atoms with Gasteiger partial charge in [-0.25, -0.2) is 0 Å². The van der Waals surface area contributed by atoms with Gasteiger partial charge in [0, 0.05) is 34.4 Å². The zero-order chi connectivity index (χ0) is 28.4. The van der Waals surface area contributed by atoms with Gasteiger partial charge in [-0.2, -0.15) is 0 Å². The highest BCUT2D eigenvalue weighted by atomic mass is 127. The number of allylic oxidation sites excluding steroid dienone is 2. The first-order chi connectivity index (χ1) is 20.1. The standard InChI is InChI=1S/C14H11N.C10H10BNO4.C9H7I/c1-2-10-15-14(9-1)13-8-4-6-11-5-3-7-12(11)13;13-9-5-3-6-10(14)16-11(15-9)8-4-1-2-7-12-8;10-9-6-2-4-7-3-1-5-8(7)9/h1-6,8-10H,7H2;1-2,4,7H,3,5-6H2;1-4,6H,5H2. The SMILES string of the molecule is C1=Cc2cccc(-c3ccccn3)c2C1.Ic1cccc2c1CC=C2.O=C1CCCC(=O)OB(c2ccccn2)O1. The van der Waals surface area contributed by atoms with Gasteiger partial charge in [0.05, 0.1) is 5.69 Å². The number of benzene rings is 2. The zero-order valence-corrected chi connectivity index (χ0v) is 24.6. The Morgan fingerprint density at radius 1 is 0.683 bits per heavy atom. The molecule has 0 N–H and O–H groups in total. The lowest BCUT2D eigenvalue weighted by molar-refractivity contribution is -0.142. The number of fused-ring (bicyclic) bond motifs is 2. The number of aromatic nitrogens is 2. The van der Waals surface area contributed by atoms with E-state index >= 15 is 0 Å². The third-order valence-electron chi connectivity index (χ3n) is 6.71. The Morgan fingerprint density at radius 3 is 1.95 bits per heavy atom. The minimum atomic E-state index is -1.01. The second-order valence-electron chi connectivity index (χ2n) is 9.53. The first-order valence-electron chi connectivity index (χ1n) is 13.5. The maximum atomic E-state index is 11.3. The summed E-state index contributed by atoms with van der Waals surface area (Å²) in [5.41, 5.74) is 8.37. The van der Waals surface area contributed by atoms with Gasteiger partial charge in [-0.15, -0.1) is 0 Å². The molecule has 0 spiro atoms. The second-order valence-corrected chi connectivity index (χ2v) is 10.7. The van der Waals surface area contributed by atoms with Gasteiger partial charge in [-0.3, -0.25) is 19.6 Å². The Kier molecular flexibility index (Phi) is 9.75. The van der Waals surface area contributed by atoms with Crippen LogP contribution in [0.15, 0.2) is 97.3 Å². The van der Waals surface area contributed by atoms with Gasteiger partial charge in [0.2, 0.25) is 0 Å². The minimum absolute atomic E-state index is 0.235. The summed E-state index contributed by atoms with van der Waals surface area (Å²) in [6.45, 7) is 0. The monoisotopic (exact) mass is 654 g/mol. The Hall–Kier alpha value is -4.05. The summed E-state index contributed by atoms with van der Waals surface area (Å²) in [6, 6.07) is 24.0. The van der Waals surface area contributed by atoms with Crippen molar-refractivity contribution in [1.29, 1.82) is 0 Å². The summed E-state index contributed by atoms with van der Waals surface area (Å²) in [5, 5.41) is 0. The smallest absolute Gasteiger partial charge is 0.494 e. The van der Waals surface area contributed by atoms with Crippen molar-refractivity contribution in [1.82, 2.24) is 9.97 Å². The van der Waals surface area contributed by atoms with E-state index in [9.17, 15) is 9.59 Å². The number of carbonyl (C=O) groups is 2. The number of nitrogens with zero attached hydrogens (tertiary/aromatic N) is 2. The van der Waals surface area contributed by atoms with Crippen molar-refractivity contribution in [3.05, 3.63) is 123 Å². The number of pyridine rings is 2. The quantitative estimate of drug-likeness (QED) is 0.189. The molecule has 0 bridgehead atoms. The van der Waals surface area contributed by atoms with Crippen LogP contribution in [0.4, 0.5) is 0 Å². The average Bonchev–Trinajstić information content (AvgIpc) is 3.68. The molecular weight excluding hydrogens is 626 g/mol. The summed E-state index contributed by atoms with van der Waals surface area (Å²) >= 11 is 2.39. The van der Waals surface area contributed by atoms with Crippen LogP contribution in [0.3, 0.4) is 0 Å². The molecule has 8 heteroatoms. The fourth-order valence-electron chi connectivity index (χ4n) is 4.70. The van der Waals surface area contributed by atoms with Crippen LogP contribution in [0.2, 0.25) is 0 Å². The van der Waals surface area contributed by atoms with E-state index in [4.69, 9.17) is 9.31 Å². The van der Waals surface area contributed by atoms with Crippen LogP contribution < -0.4 is 5.59 Å². The van der Waals surface area contributed by atoms with Gasteiger partial charge in [0.15, 0.2) is 0 Å². The molecule has 0 radical (unpaired) electrons. The molecule has 1 fully saturated rings. The van der Waals surface area contributed by atoms with Gasteiger partial charge >= 0.3 is 7.12 Å². The van der Waals surface area contributed by atoms with Crippen LogP contribution in [0.1, 0.15) is 41.5 Å². The maximum absolute atomic E-state index is 11.3. The molecule has 2 aromatic heterocycles. The Labute approximate surface area is 253 Å². The molecule has 2 aliphatic carbocycles. The average molecular weight is 654 g/mol. The predicted octanol–water partition coefficient (Wildman–Crippen LogP) is 6.23. The Balaban J connectivity index is 0.000000127. The van der Waals surface area contributed by atoms with Crippen molar-refractivity contribution in [2.75, 3.05) is 0 Å².